The molecule has 5 aromatic rings. The Morgan fingerprint density at radius 3 is 2.61 bits per heavy atom. The van der Waals surface area contributed by atoms with E-state index >= 15 is 0 Å². The average Bonchev–Trinajstić information content (AvgIpc) is 3.41. The second-order valence-corrected chi connectivity index (χ2v) is 8.16. The van der Waals surface area contributed by atoms with E-state index in [1.165, 1.54) is 5.56 Å². The van der Waals surface area contributed by atoms with Crippen LogP contribution in [0.25, 0.3) is 33.1 Å². The zero-order chi connectivity index (χ0) is 21.2. The Balaban J connectivity index is 1.24. The van der Waals surface area contributed by atoms with Crippen molar-refractivity contribution >= 4 is 34.0 Å². The minimum Gasteiger partial charge on any atom is -0.436 e. The summed E-state index contributed by atoms with van der Waals surface area (Å²) in [6.45, 7) is 2.06. The maximum atomic E-state index is 12.5. The molecule has 1 N–H and O–H groups in total. The van der Waals surface area contributed by atoms with E-state index in [-0.39, 0.29) is 12.3 Å². The summed E-state index contributed by atoms with van der Waals surface area (Å²) in [5, 5.41) is 5.79. The number of rotatable bonds is 5. The van der Waals surface area contributed by atoms with Crippen molar-refractivity contribution in [2.24, 2.45) is 0 Å². The van der Waals surface area contributed by atoms with Gasteiger partial charge in [-0.15, -0.1) is 11.3 Å². The number of aryl methyl sites for hydroxylation is 1. The van der Waals surface area contributed by atoms with E-state index in [4.69, 9.17) is 4.42 Å². The lowest BCUT2D eigenvalue weighted by Crippen LogP contribution is -2.14. The van der Waals surface area contributed by atoms with Gasteiger partial charge in [0.2, 0.25) is 11.8 Å². The molecule has 0 saturated carbocycles. The van der Waals surface area contributed by atoms with Gasteiger partial charge in [0, 0.05) is 22.2 Å². The molecule has 0 spiro atoms. The minimum absolute atomic E-state index is 0.101. The molecule has 0 radical (unpaired) electrons. The van der Waals surface area contributed by atoms with Gasteiger partial charge in [0.05, 0.1) is 12.1 Å². The highest BCUT2D eigenvalue weighted by molar-refractivity contribution is 7.13. The molecule has 0 atom stereocenters. The third kappa shape index (κ3) is 4.25. The summed E-state index contributed by atoms with van der Waals surface area (Å²) in [5.41, 5.74) is 6.18. The molecule has 0 unspecified atom stereocenters. The number of benzene rings is 3. The van der Waals surface area contributed by atoms with Crippen LogP contribution >= 0.6 is 11.3 Å². The van der Waals surface area contributed by atoms with Crippen LogP contribution in [-0.2, 0) is 11.2 Å². The quantitative estimate of drug-likeness (QED) is 0.369. The normalized spacial score (nSPS) is 11.0. The molecule has 0 saturated heterocycles. The number of oxazole rings is 1. The van der Waals surface area contributed by atoms with Gasteiger partial charge in [0.25, 0.3) is 0 Å². The summed E-state index contributed by atoms with van der Waals surface area (Å²) >= 11 is 1.55. The van der Waals surface area contributed by atoms with Crippen molar-refractivity contribution in [1.29, 1.82) is 0 Å². The van der Waals surface area contributed by atoms with E-state index in [1.54, 1.807) is 11.3 Å². The largest absolute Gasteiger partial charge is 0.436 e. The highest BCUT2D eigenvalue weighted by atomic mass is 32.1. The van der Waals surface area contributed by atoms with Crippen LogP contribution in [0.2, 0.25) is 0 Å². The Labute approximate surface area is 183 Å². The van der Waals surface area contributed by atoms with Crippen molar-refractivity contribution < 1.29 is 9.21 Å². The van der Waals surface area contributed by atoms with Gasteiger partial charge in [-0.3, -0.25) is 4.79 Å². The van der Waals surface area contributed by atoms with Gasteiger partial charge in [-0.2, -0.15) is 0 Å². The number of para-hydroxylation sites is 2. The van der Waals surface area contributed by atoms with Crippen molar-refractivity contribution in [3.63, 3.8) is 0 Å². The van der Waals surface area contributed by atoms with Crippen LogP contribution < -0.4 is 5.32 Å². The van der Waals surface area contributed by atoms with Crippen molar-refractivity contribution in [3.05, 3.63) is 89.4 Å². The van der Waals surface area contributed by atoms with Crippen LogP contribution in [0.3, 0.4) is 0 Å². The van der Waals surface area contributed by atoms with Gasteiger partial charge in [-0.05, 0) is 49.4 Å². The highest BCUT2D eigenvalue weighted by Crippen LogP contribution is 2.26. The van der Waals surface area contributed by atoms with Crippen LogP contribution in [0, 0.1) is 6.92 Å². The Morgan fingerprint density at radius 1 is 0.968 bits per heavy atom. The first-order valence-electron chi connectivity index (χ1n) is 9.91. The lowest BCUT2D eigenvalue weighted by Gasteiger charge is -2.04. The molecule has 2 heterocycles. The first-order valence-corrected chi connectivity index (χ1v) is 10.8. The zero-order valence-electron chi connectivity index (χ0n) is 16.8. The minimum atomic E-state index is -0.101. The number of nitrogens with zero attached hydrogens (tertiary/aromatic N) is 2. The standard InChI is InChI=1S/C25H19N3O2S/c1-16-5-4-6-18(13-16)25-27-20(15-31-25)14-23(29)26-19-11-9-17(10-12-19)24-28-21-7-2-3-8-22(21)30-24/h2-13,15H,14H2,1H3,(H,26,29). The molecule has 6 heteroatoms. The molecule has 0 aliphatic rings. The second kappa shape index (κ2) is 8.16. The smallest absolute Gasteiger partial charge is 0.230 e. The summed E-state index contributed by atoms with van der Waals surface area (Å²) in [6, 6.07) is 23.3. The Bertz CT molecular complexity index is 1340. The molecule has 0 aliphatic carbocycles. The molecule has 5 rings (SSSR count). The van der Waals surface area contributed by atoms with Crippen molar-refractivity contribution in [3.8, 4) is 22.0 Å². The van der Waals surface area contributed by atoms with Crippen molar-refractivity contribution in [1.82, 2.24) is 9.97 Å². The van der Waals surface area contributed by atoms with Gasteiger partial charge in [-0.25, -0.2) is 9.97 Å². The lowest BCUT2D eigenvalue weighted by atomic mass is 10.1. The summed E-state index contributed by atoms with van der Waals surface area (Å²) < 4.78 is 5.79. The SMILES string of the molecule is Cc1cccc(-c2nc(CC(=O)Nc3ccc(-c4nc5ccccc5o4)cc3)cs2)c1. The molecule has 0 fully saturated rings. The number of aromatic nitrogens is 2. The van der Waals surface area contributed by atoms with Gasteiger partial charge in [-0.1, -0.05) is 35.9 Å². The molecular formula is C25H19N3O2S. The summed E-state index contributed by atoms with van der Waals surface area (Å²) in [5.74, 6) is 0.459. The fraction of sp³-hybridized carbons (Fsp3) is 0.0800. The van der Waals surface area contributed by atoms with Gasteiger partial charge >= 0.3 is 0 Å². The van der Waals surface area contributed by atoms with Crippen LogP contribution in [-0.4, -0.2) is 15.9 Å². The van der Waals surface area contributed by atoms with E-state index in [0.29, 0.717) is 5.89 Å². The van der Waals surface area contributed by atoms with E-state index in [1.807, 2.05) is 66.0 Å². The number of hydrogen-bond donors (Lipinski definition) is 1. The van der Waals surface area contributed by atoms with Gasteiger partial charge < -0.3 is 9.73 Å². The predicted molar refractivity (Wildman–Crippen MR) is 124 cm³/mol. The molecule has 152 valence electrons. The fourth-order valence-electron chi connectivity index (χ4n) is 3.36. The Morgan fingerprint density at radius 2 is 1.81 bits per heavy atom. The van der Waals surface area contributed by atoms with Crippen LogP contribution in [0.15, 0.2) is 82.6 Å². The number of hydrogen-bond acceptors (Lipinski definition) is 5. The number of nitrogens with one attached hydrogen (secondary N) is 1. The number of amides is 1. The molecule has 5 nitrogen and oxygen atoms in total. The first kappa shape index (κ1) is 19.2. The van der Waals surface area contributed by atoms with Crippen molar-refractivity contribution in [2.45, 2.75) is 13.3 Å². The molecular weight excluding hydrogens is 406 g/mol. The van der Waals surface area contributed by atoms with Crippen LogP contribution in [0.5, 0.6) is 0 Å². The Hall–Kier alpha value is -3.77. The monoisotopic (exact) mass is 425 g/mol. The summed E-state index contributed by atoms with van der Waals surface area (Å²) in [7, 11) is 0. The lowest BCUT2D eigenvalue weighted by molar-refractivity contribution is -0.115. The molecule has 31 heavy (non-hydrogen) atoms. The van der Waals surface area contributed by atoms with Crippen LogP contribution in [0.4, 0.5) is 5.69 Å². The molecule has 0 bridgehead atoms. The molecule has 0 aliphatic heterocycles. The van der Waals surface area contributed by atoms with Crippen molar-refractivity contribution in [2.75, 3.05) is 5.32 Å². The highest BCUT2D eigenvalue weighted by Gasteiger charge is 2.11. The topological polar surface area (TPSA) is 68.0 Å². The van der Waals surface area contributed by atoms with Gasteiger partial charge in [0.1, 0.15) is 10.5 Å². The molecule has 3 aromatic carbocycles. The number of fused-ring (bicyclic) bond motifs is 1. The number of anilines is 1. The van der Waals surface area contributed by atoms with E-state index < -0.39 is 0 Å². The summed E-state index contributed by atoms with van der Waals surface area (Å²) in [4.78, 5) is 21.6. The summed E-state index contributed by atoms with van der Waals surface area (Å²) in [6.07, 6.45) is 0.231. The average molecular weight is 426 g/mol. The fourth-order valence-corrected chi connectivity index (χ4v) is 4.18. The molecule has 2 aromatic heterocycles. The first-order chi connectivity index (χ1) is 15.1. The van der Waals surface area contributed by atoms with E-state index in [0.717, 1.165) is 38.6 Å². The number of carbonyl (C=O) groups excluding carboxylic acids is 1. The maximum absolute atomic E-state index is 12.5. The Kier molecular flexibility index (Phi) is 5.06. The number of thiazole rings is 1. The van der Waals surface area contributed by atoms with Gasteiger partial charge in [0.15, 0.2) is 5.58 Å². The maximum Gasteiger partial charge on any atom is 0.230 e. The third-order valence-electron chi connectivity index (χ3n) is 4.87. The van der Waals surface area contributed by atoms with E-state index in [9.17, 15) is 4.79 Å². The van der Waals surface area contributed by atoms with Crippen LogP contribution in [0.1, 0.15) is 11.3 Å². The zero-order valence-corrected chi connectivity index (χ0v) is 17.6. The molecule has 1 amide bonds. The third-order valence-corrected chi connectivity index (χ3v) is 5.81. The van der Waals surface area contributed by atoms with E-state index in [2.05, 4.69) is 34.3 Å². The predicted octanol–water partition coefficient (Wildman–Crippen LogP) is 6.11. The number of carbonyl (C=O) groups is 1. The second-order valence-electron chi connectivity index (χ2n) is 7.30.